The Morgan fingerprint density at radius 3 is 1.57 bits per heavy atom. The maximum atomic E-state index is 14.0. The second kappa shape index (κ2) is 16.1. The molecule has 0 fully saturated rings. The van der Waals surface area contributed by atoms with Crippen LogP contribution in [0.1, 0.15) is 54.0 Å². The number of hydrogen-bond acceptors (Lipinski definition) is 5. The van der Waals surface area contributed by atoms with Gasteiger partial charge in [-0.2, -0.15) is 0 Å². The summed E-state index contributed by atoms with van der Waals surface area (Å²) in [6, 6.07) is 44.1. The van der Waals surface area contributed by atoms with E-state index in [1.807, 2.05) is 105 Å². The molecular weight excluding hydrogens is 657 g/mol. The van der Waals surface area contributed by atoms with Crippen molar-refractivity contribution in [3.63, 3.8) is 0 Å². The Bertz CT molecular complexity index is 1810. The zero-order chi connectivity index (χ0) is 35.8. The van der Waals surface area contributed by atoms with Crippen molar-refractivity contribution < 1.29 is 24.2 Å². The number of amides is 2. The molecule has 0 bridgehead atoms. The van der Waals surface area contributed by atoms with E-state index in [4.69, 9.17) is 4.74 Å². The van der Waals surface area contributed by atoms with E-state index in [-0.39, 0.29) is 30.6 Å². The molecule has 3 N–H and O–H groups in total. The Morgan fingerprint density at radius 2 is 1.12 bits per heavy atom. The van der Waals surface area contributed by atoms with Crippen LogP contribution in [-0.4, -0.2) is 47.5 Å². The standard InChI is InChI=1S/C43H42N2O5S/c1-29(2)26-38(41(47)48)44-40(46)39(45-42(49)50-27-37-35-24-14-12-22-33(35)34-23-13-15-25-36(34)37)28-51-43(30-16-6-3-7-17-30,31-18-8-4-9-19-31)32-20-10-5-11-21-32/h3-25,29,37-39H,26-28H2,1-2H3,(H,44,46)(H,45,49)(H,47,48)/t38-,39+/m0/s1. The maximum Gasteiger partial charge on any atom is 0.407 e. The average molecular weight is 699 g/mol. The van der Waals surface area contributed by atoms with Crippen LogP contribution < -0.4 is 10.6 Å². The lowest BCUT2D eigenvalue weighted by Gasteiger charge is -2.36. The molecule has 0 saturated heterocycles. The van der Waals surface area contributed by atoms with Crippen molar-refractivity contribution in [2.45, 2.75) is 43.0 Å². The highest BCUT2D eigenvalue weighted by molar-refractivity contribution is 8.00. The number of alkyl carbamates (subject to hydrolysis) is 1. The quantitative estimate of drug-likeness (QED) is 0.101. The molecule has 7 nitrogen and oxygen atoms in total. The van der Waals surface area contributed by atoms with E-state index in [2.05, 4.69) is 59.2 Å². The van der Waals surface area contributed by atoms with Crippen LogP contribution in [0.3, 0.4) is 0 Å². The summed E-state index contributed by atoms with van der Waals surface area (Å²) in [6.07, 6.45) is -0.508. The molecule has 0 unspecified atom stereocenters. The Labute approximate surface area is 303 Å². The summed E-state index contributed by atoms with van der Waals surface area (Å²) in [6.45, 7) is 3.88. The highest BCUT2D eigenvalue weighted by Crippen LogP contribution is 2.49. The molecule has 0 spiro atoms. The fraction of sp³-hybridized carbons (Fsp3) is 0.233. The molecule has 2 amide bonds. The number of carboxylic acids is 1. The number of carbonyl (C=O) groups is 3. The summed E-state index contributed by atoms with van der Waals surface area (Å²) >= 11 is 1.50. The van der Waals surface area contributed by atoms with Gasteiger partial charge >= 0.3 is 12.1 Å². The number of carbonyl (C=O) groups excluding carboxylic acids is 2. The molecule has 5 aromatic rings. The topological polar surface area (TPSA) is 105 Å². The first-order chi connectivity index (χ1) is 24.8. The van der Waals surface area contributed by atoms with Crippen LogP contribution >= 0.6 is 11.8 Å². The van der Waals surface area contributed by atoms with Gasteiger partial charge in [-0.1, -0.05) is 153 Å². The number of nitrogens with one attached hydrogen (secondary N) is 2. The van der Waals surface area contributed by atoms with Crippen molar-refractivity contribution in [1.29, 1.82) is 0 Å². The SMILES string of the molecule is CC(C)C[C@H](NC(=O)[C@@H](CSC(c1ccccc1)(c1ccccc1)c1ccccc1)NC(=O)OCC1c2ccccc2-c2ccccc21)C(=O)O. The van der Waals surface area contributed by atoms with E-state index in [0.717, 1.165) is 38.9 Å². The molecule has 5 aromatic carbocycles. The van der Waals surface area contributed by atoms with E-state index < -0.39 is 34.8 Å². The van der Waals surface area contributed by atoms with Crippen LogP contribution in [-0.2, 0) is 19.1 Å². The average Bonchev–Trinajstić information content (AvgIpc) is 3.48. The smallest absolute Gasteiger partial charge is 0.407 e. The van der Waals surface area contributed by atoms with E-state index in [9.17, 15) is 19.5 Å². The molecule has 6 rings (SSSR count). The fourth-order valence-electron chi connectivity index (χ4n) is 6.91. The Hall–Kier alpha value is -5.34. The zero-order valence-electron chi connectivity index (χ0n) is 28.7. The third-order valence-corrected chi connectivity index (χ3v) is 10.9. The summed E-state index contributed by atoms with van der Waals surface area (Å²) in [4.78, 5) is 39.9. The first kappa shape index (κ1) is 35.5. The van der Waals surface area contributed by atoms with Gasteiger partial charge < -0.3 is 20.5 Å². The van der Waals surface area contributed by atoms with Crippen LogP contribution in [0.15, 0.2) is 140 Å². The van der Waals surface area contributed by atoms with Gasteiger partial charge in [0.1, 0.15) is 18.7 Å². The lowest BCUT2D eigenvalue weighted by atomic mass is 9.84. The highest BCUT2D eigenvalue weighted by Gasteiger charge is 2.39. The number of carboxylic acid groups (broad SMARTS) is 1. The van der Waals surface area contributed by atoms with Gasteiger partial charge in [0.05, 0.1) is 4.75 Å². The molecule has 260 valence electrons. The molecule has 8 heteroatoms. The molecule has 0 heterocycles. The third kappa shape index (κ3) is 7.86. The summed E-state index contributed by atoms with van der Waals surface area (Å²) in [5.41, 5.74) is 7.36. The Balaban J connectivity index is 1.30. The number of fused-ring (bicyclic) bond motifs is 3. The van der Waals surface area contributed by atoms with Crippen molar-refractivity contribution in [3.05, 3.63) is 167 Å². The molecule has 0 radical (unpaired) electrons. The molecule has 51 heavy (non-hydrogen) atoms. The van der Waals surface area contributed by atoms with E-state index >= 15 is 0 Å². The Morgan fingerprint density at radius 1 is 0.667 bits per heavy atom. The van der Waals surface area contributed by atoms with Crippen molar-refractivity contribution in [2.75, 3.05) is 12.4 Å². The minimum absolute atomic E-state index is 0.0243. The number of aliphatic carboxylic acids is 1. The van der Waals surface area contributed by atoms with Crippen molar-refractivity contribution >= 4 is 29.7 Å². The van der Waals surface area contributed by atoms with Gasteiger partial charge in [0, 0.05) is 11.7 Å². The normalized spacial score (nSPS) is 13.5. The second-order valence-electron chi connectivity index (χ2n) is 13.1. The third-order valence-electron chi connectivity index (χ3n) is 9.28. The van der Waals surface area contributed by atoms with Crippen molar-refractivity contribution in [1.82, 2.24) is 10.6 Å². The van der Waals surface area contributed by atoms with Crippen LogP contribution in [0.2, 0.25) is 0 Å². The monoisotopic (exact) mass is 698 g/mol. The predicted molar refractivity (Wildman–Crippen MR) is 203 cm³/mol. The van der Waals surface area contributed by atoms with Gasteiger partial charge in [0.2, 0.25) is 5.91 Å². The van der Waals surface area contributed by atoms with Gasteiger partial charge in [0.15, 0.2) is 0 Å². The van der Waals surface area contributed by atoms with Crippen molar-refractivity contribution in [3.8, 4) is 11.1 Å². The summed E-state index contributed by atoms with van der Waals surface area (Å²) in [5, 5.41) is 15.5. The van der Waals surface area contributed by atoms with Crippen LogP contribution in [0, 0.1) is 5.92 Å². The summed E-state index contributed by atoms with van der Waals surface area (Å²) in [7, 11) is 0. The van der Waals surface area contributed by atoms with Crippen LogP contribution in [0.4, 0.5) is 4.79 Å². The summed E-state index contributed by atoms with van der Waals surface area (Å²) < 4.78 is 5.10. The number of rotatable bonds is 14. The molecular formula is C43H42N2O5S. The van der Waals surface area contributed by atoms with Gasteiger partial charge in [-0.05, 0) is 51.3 Å². The first-order valence-corrected chi connectivity index (χ1v) is 18.2. The predicted octanol–water partition coefficient (Wildman–Crippen LogP) is 8.23. The molecule has 1 aliphatic rings. The summed E-state index contributed by atoms with van der Waals surface area (Å²) in [5.74, 6) is -1.74. The lowest BCUT2D eigenvalue weighted by molar-refractivity contribution is -0.142. The lowest BCUT2D eigenvalue weighted by Crippen LogP contribution is -2.53. The molecule has 0 saturated carbocycles. The Kier molecular flexibility index (Phi) is 11.2. The minimum Gasteiger partial charge on any atom is -0.480 e. The molecule has 0 aromatic heterocycles. The molecule has 0 aliphatic heterocycles. The van der Waals surface area contributed by atoms with E-state index in [1.165, 1.54) is 11.8 Å². The fourth-order valence-corrected chi connectivity index (χ4v) is 8.47. The van der Waals surface area contributed by atoms with Gasteiger partial charge in [-0.3, -0.25) is 4.79 Å². The number of ether oxygens (including phenoxy) is 1. The van der Waals surface area contributed by atoms with Gasteiger partial charge in [-0.15, -0.1) is 11.8 Å². The largest absolute Gasteiger partial charge is 0.480 e. The highest BCUT2D eigenvalue weighted by atomic mass is 32.2. The number of hydrogen-bond donors (Lipinski definition) is 3. The van der Waals surface area contributed by atoms with Crippen LogP contribution in [0.25, 0.3) is 11.1 Å². The van der Waals surface area contributed by atoms with Crippen LogP contribution in [0.5, 0.6) is 0 Å². The maximum absolute atomic E-state index is 14.0. The van der Waals surface area contributed by atoms with Crippen molar-refractivity contribution in [2.24, 2.45) is 5.92 Å². The number of benzene rings is 5. The molecule has 2 atom stereocenters. The minimum atomic E-state index is -1.13. The van der Waals surface area contributed by atoms with Gasteiger partial charge in [0.25, 0.3) is 0 Å². The zero-order valence-corrected chi connectivity index (χ0v) is 29.5. The first-order valence-electron chi connectivity index (χ1n) is 17.2. The van der Waals surface area contributed by atoms with E-state index in [1.54, 1.807) is 0 Å². The second-order valence-corrected chi connectivity index (χ2v) is 14.4. The molecule has 1 aliphatic carbocycles. The van der Waals surface area contributed by atoms with Gasteiger partial charge in [-0.25, -0.2) is 9.59 Å². The van der Waals surface area contributed by atoms with E-state index in [0.29, 0.717) is 0 Å². The number of thioether (sulfide) groups is 1.